The highest BCUT2D eigenvalue weighted by molar-refractivity contribution is 5.72. The Hall–Kier alpha value is -1.55. The molecule has 1 aromatic rings. The van der Waals surface area contributed by atoms with Crippen LogP contribution in [0.3, 0.4) is 0 Å². The minimum atomic E-state index is -0.969. The Morgan fingerprint density at radius 3 is 2.60 bits per heavy atom. The second kappa shape index (κ2) is 5.36. The van der Waals surface area contributed by atoms with Crippen molar-refractivity contribution in [3.05, 3.63) is 29.8 Å². The van der Waals surface area contributed by atoms with E-state index in [-0.39, 0.29) is 0 Å². The summed E-state index contributed by atoms with van der Waals surface area (Å²) in [4.78, 5) is 10.8. The summed E-state index contributed by atoms with van der Waals surface area (Å²) < 4.78 is 9.98. The van der Waals surface area contributed by atoms with Crippen LogP contribution in [-0.4, -0.2) is 31.4 Å². The third-order valence-electron chi connectivity index (χ3n) is 2.16. The molecule has 4 heteroatoms. The van der Waals surface area contributed by atoms with Crippen molar-refractivity contribution in [1.82, 2.24) is 0 Å². The molecule has 1 aromatic carbocycles. The number of hydrogen-bond donors (Lipinski definition) is 1. The van der Waals surface area contributed by atoms with Crippen molar-refractivity contribution in [1.29, 1.82) is 0 Å². The molecule has 1 N–H and O–H groups in total. The molecule has 4 nitrogen and oxygen atoms in total. The van der Waals surface area contributed by atoms with Gasteiger partial charge in [-0.05, 0) is 11.6 Å². The van der Waals surface area contributed by atoms with E-state index in [1.807, 2.05) is 18.2 Å². The summed E-state index contributed by atoms with van der Waals surface area (Å²) in [6, 6.07) is 7.30. The van der Waals surface area contributed by atoms with Gasteiger partial charge < -0.3 is 14.6 Å². The number of benzene rings is 1. The zero-order chi connectivity index (χ0) is 11.3. The summed E-state index contributed by atoms with van der Waals surface area (Å²) in [6.45, 7) is 0. The van der Waals surface area contributed by atoms with Gasteiger partial charge in [0.05, 0.1) is 7.11 Å². The van der Waals surface area contributed by atoms with Gasteiger partial charge in [0.25, 0.3) is 0 Å². The number of rotatable bonds is 5. The van der Waals surface area contributed by atoms with E-state index in [1.54, 1.807) is 13.2 Å². The largest absolute Gasteiger partial charge is 0.496 e. The molecule has 0 saturated carbocycles. The molecule has 0 aliphatic rings. The van der Waals surface area contributed by atoms with Crippen LogP contribution in [0.4, 0.5) is 0 Å². The standard InChI is InChI=1S/C11H14O4/c1-14-9-6-4-3-5-8(9)7-10(15-2)11(12)13/h3-6,10H,7H2,1-2H3,(H,12,13)/t10-/m0/s1. The molecule has 0 heterocycles. The summed E-state index contributed by atoms with van der Waals surface area (Å²) in [5.41, 5.74) is 0.828. The minimum absolute atomic E-state index is 0.301. The number of methoxy groups -OCH3 is 2. The maximum absolute atomic E-state index is 10.8. The molecule has 0 aliphatic carbocycles. The summed E-state index contributed by atoms with van der Waals surface area (Å²) in [5, 5.41) is 8.83. The zero-order valence-corrected chi connectivity index (χ0v) is 8.77. The zero-order valence-electron chi connectivity index (χ0n) is 8.77. The second-order valence-electron chi connectivity index (χ2n) is 3.08. The molecule has 1 rings (SSSR count). The highest BCUT2D eigenvalue weighted by Gasteiger charge is 2.18. The molecule has 0 unspecified atom stereocenters. The van der Waals surface area contributed by atoms with Crippen LogP contribution in [0.25, 0.3) is 0 Å². The molecule has 0 spiro atoms. The minimum Gasteiger partial charge on any atom is -0.496 e. The van der Waals surface area contributed by atoms with Gasteiger partial charge in [0.15, 0.2) is 6.10 Å². The van der Waals surface area contributed by atoms with Gasteiger partial charge in [-0.15, -0.1) is 0 Å². The van der Waals surface area contributed by atoms with Crippen LogP contribution in [0.5, 0.6) is 5.75 Å². The van der Waals surface area contributed by atoms with Crippen molar-refractivity contribution in [3.8, 4) is 5.75 Å². The van der Waals surface area contributed by atoms with Crippen LogP contribution in [0.1, 0.15) is 5.56 Å². The molecule has 0 amide bonds. The Bertz CT molecular complexity index is 335. The van der Waals surface area contributed by atoms with Crippen LogP contribution >= 0.6 is 0 Å². The molecule has 1 atom stereocenters. The number of ether oxygens (including phenoxy) is 2. The first-order valence-electron chi connectivity index (χ1n) is 4.56. The molecule has 0 aliphatic heterocycles. The number of hydrogen-bond acceptors (Lipinski definition) is 3. The average Bonchev–Trinajstić information content (AvgIpc) is 2.25. The quantitative estimate of drug-likeness (QED) is 0.796. The number of carboxylic acid groups (broad SMARTS) is 1. The Kier molecular flexibility index (Phi) is 4.12. The number of carboxylic acids is 1. The van der Waals surface area contributed by atoms with Crippen LogP contribution in [-0.2, 0) is 16.0 Å². The topological polar surface area (TPSA) is 55.8 Å². The lowest BCUT2D eigenvalue weighted by molar-refractivity contribution is -0.148. The van der Waals surface area contributed by atoms with Crippen molar-refractivity contribution in [2.75, 3.05) is 14.2 Å². The molecular weight excluding hydrogens is 196 g/mol. The smallest absolute Gasteiger partial charge is 0.333 e. The highest BCUT2D eigenvalue weighted by Crippen LogP contribution is 2.19. The number of para-hydroxylation sites is 1. The molecule has 0 aromatic heterocycles. The fourth-order valence-corrected chi connectivity index (χ4v) is 1.34. The fourth-order valence-electron chi connectivity index (χ4n) is 1.34. The van der Waals surface area contributed by atoms with E-state index in [0.717, 1.165) is 5.56 Å². The van der Waals surface area contributed by atoms with Crippen molar-refractivity contribution >= 4 is 5.97 Å². The van der Waals surface area contributed by atoms with Gasteiger partial charge in [-0.3, -0.25) is 0 Å². The van der Waals surface area contributed by atoms with Gasteiger partial charge >= 0.3 is 5.97 Å². The van der Waals surface area contributed by atoms with E-state index in [4.69, 9.17) is 14.6 Å². The van der Waals surface area contributed by atoms with E-state index >= 15 is 0 Å². The maximum atomic E-state index is 10.8. The first-order valence-corrected chi connectivity index (χ1v) is 4.56. The van der Waals surface area contributed by atoms with E-state index < -0.39 is 12.1 Å². The third kappa shape index (κ3) is 2.95. The fraction of sp³-hybridized carbons (Fsp3) is 0.364. The lowest BCUT2D eigenvalue weighted by Crippen LogP contribution is -2.25. The van der Waals surface area contributed by atoms with Crippen LogP contribution in [0.2, 0.25) is 0 Å². The SMILES string of the molecule is COc1ccccc1C[C@H](OC)C(=O)O. The van der Waals surface area contributed by atoms with E-state index in [1.165, 1.54) is 7.11 Å². The molecule has 15 heavy (non-hydrogen) atoms. The Balaban J connectivity index is 2.82. The first-order chi connectivity index (χ1) is 7.19. The second-order valence-corrected chi connectivity index (χ2v) is 3.08. The Labute approximate surface area is 88.4 Å². The molecule has 82 valence electrons. The maximum Gasteiger partial charge on any atom is 0.333 e. The molecule has 0 radical (unpaired) electrons. The van der Waals surface area contributed by atoms with E-state index in [2.05, 4.69) is 0 Å². The van der Waals surface area contributed by atoms with Crippen molar-refractivity contribution in [2.24, 2.45) is 0 Å². The molecular formula is C11H14O4. The predicted octanol–water partition coefficient (Wildman–Crippen LogP) is 1.34. The molecule has 0 fully saturated rings. The van der Waals surface area contributed by atoms with E-state index in [9.17, 15) is 4.79 Å². The number of carbonyl (C=O) groups is 1. The predicted molar refractivity (Wildman–Crippen MR) is 55.1 cm³/mol. The lowest BCUT2D eigenvalue weighted by Gasteiger charge is -2.12. The first kappa shape index (κ1) is 11.5. The summed E-state index contributed by atoms with van der Waals surface area (Å²) in [7, 11) is 2.94. The third-order valence-corrected chi connectivity index (χ3v) is 2.16. The van der Waals surface area contributed by atoms with Crippen LogP contribution in [0.15, 0.2) is 24.3 Å². The normalized spacial score (nSPS) is 12.1. The van der Waals surface area contributed by atoms with Gasteiger partial charge in [0.1, 0.15) is 5.75 Å². The van der Waals surface area contributed by atoms with Gasteiger partial charge in [0, 0.05) is 13.5 Å². The van der Waals surface area contributed by atoms with Crippen LogP contribution < -0.4 is 4.74 Å². The van der Waals surface area contributed by atoms with Gasteiger partial charge in [-0.25, -0.2) is 4.79 Å². The summed E-state index contributed by atoms with van der Waals surface area (Å²) in [5.74, 6) is -0.288. The molecule has 0 bridgehead atoms. The van der Waals surface area contributed by atoms with Crippen molar-refractivity contribution in [3.63, 3.8) is 0 Å². The monoisotopic (exact) mass is 210 g/mol. The summed E-state index contributed by atoms with van der Waals surface area (Å²) in [6.07, 6.45) is -0.531. The lowest BCUT2D eigenvalue weighted by atomic mass is 10.1. The highest BCUT2D eigenvalue weighted by atomic mass is 16.5. The van der Waals surface area contributed by atoms with Crippen LogP contribution in [0, 0.1) is 0 Å². The number of aliphatic carboxylic acids is 1. The van der Waals surface area contributed by atoms with E-state index in [0.29, 0.717) is 12.2 Å². The summed E-state index contributed by atoms with van der Waals surface area (Å²) >= 11 is 0. The van der Waals surface area contributed by atoms with Crippen molar-refractivity contribution < 1.29 is 19.4 Å². The van der Waals surface area contributed by atoms with Gasteiger partial charge in [0.2, 0.25) is 0 Å². The van der Waals surface area contributed by atoms with Gasteiger partial charge in [-0.2, -0.15) is 0 Å². The molecule has 0 saturated heterocycles. The van der Waals surface area contributed by atoms with Crippen molar-refractivity contribution in [2.45, 2.75) is 12.5 Å². The Morgan fingerprint density at radius 1 is 1.40 bits per heavy atom. The van der Waals surface area contributed by atoms with Gasteiger partial charge in [-0.1, -0.05) is 18.2 Å². The average molecular weight is 210 g/mol. The Morgan fingerprint density at radius 2 is 2.07 bits per heavy atom.